The van der Waals surface area contributed by atoms with E-state index in [2.05, 4.69) is 9.88 Å². The molecule has 1 N–H and O–H groups in total. The van der Waals surface area contributed by atoms with Crippen molar-refractivity contribution in [3.05, 3.63) is 65.3 Å². The molecule has 7 heteroatoms. The molecule has 0 unspecified atom stereocenters. The lowest BCUT2D eigenvalue weighted by Crippen LogP contribution is -2.59. The van der Waals surface area contributed by atoms with Crippen molar-refractivity contribution in [2.75, 3.05) is 44.2 Å². The maximum Gasteiger partial charge on any atom is 0.256 e. The summed E-state index contributed by atoms with van der Waals surface area (Å²) in [6.45, 7) is 3.95. The van der Waals surface area contributed by atoms with Crippen molar-refractivity contribution in [2.45, 2.75) is 0 Å². The third kappa shape index (κ3) is 3.41. The molecule has 1 aromatic heterocycles. The Hall–Kier alpha value is -2.99. The number of rotatable bonds is 3. The van der Waals surface area contributed by atoms with E-state index in [-0.39, 0.29) is 17.7 Å². The first-order valence-electron chi connectivity index (χ1n) is 10.2. The number of carbonyl (C=O) groups excluding carboxylic acids is 2. The Labute approximate surface area is 180 Å². The number of nitrogens with zero attached hydrogens (tertiary/aromatic N) is 3. The molecule has 0 aliphatic carbocycles. The molecule has 2 aliphatic heterocycles. The van der Waals surface area contributed by atoms with Gasteiger partial charge in [0.05, 0.1) is 11.5 Å². The molecule has 0 radical (unpaired) electrons. The van der Waals surface area contributed by atoms with Gasteiger partial charge in [-0.1, -0.05) is 35.9 Å². The van der Waals surface area contributed by atoms with E-state index >= 15 is 0 Å². The second-order valence-corrected chi connectivity index (χ2v) is 8.38. The molecule has 3 heterocycles. The van der Waals surface area contributed by atoms with Crippen LogP contribution in [0.2, 0.25) is 5.02 Å². The standard InChI is InChI=1S/C23H23ClN4O2/c24-17-4-3-5-18(12-17)26-8-10-27(11-9-26)22(29)16-14-28(15-16)23(30)20-13-25-21-7-2-1-6-19(20)21/h1-7,12-13,16,25H,8-11,14-15H2. The molecule has 0 spiro atoms. The summed E-state index contributed by atoms with van der Waals surface area (Å²) in [5, 5.41) is 1.65. The molecule has 2 fully saturated rings. The van der Waals surface area contributed by atoms with Gasteiger partial charge in [-0.05, 0) is 24.3 Å². The zero-order chi connectivity index (χ0) is 20.7. The van der Waals surface area contributed by atoms with E-state index in [1.165, 1.54) is 0 Å². The Morgan fingerprint density at radius 1 is 0.933 bits per heavy atom. The topological polar surface area (TPSA) is 59.7 Å². The first-order valence-corrected chi connectivity index (χ1v) is 10.6. The molecule has 30 heavy (non-hydrogen) atoms. The molecule has 5 rings (SSSR count). The van der Waals surface area contributed by atoms with Crippen LogP contribution in [0.5, 0.6) is 0 Å². The van der Waals surface area contributed by atoms with Crippen LogP contribution in [0.25, 0.3) is 10.9 Å². The predicted molar refractivity (Wildman–Crippen MR) is 118 cm³/mol. The lowest BCUT2D eigenvalue weighted by molar-refractivity contribution is -0.140. The summed E-state index contributed by atoms with van der Waals surface area (Å²) in [7, 11) is 0. The lowest BCUT2D eigenvalue weighted by Gasteiger charge is -2.43. The number of nitrogens with one attached hydrogen (secondary N) is 1. The number of fused-ring (bicyclic) bond motifs is 1. The Balaban J connectivity index is 1.16. The number of benzene rings is 2. The zero-order valence-corrected chi connectivity index (χ0v) is 17.3. The number of amides is 2. The van der Waals surface area contributed by atoms with Crippen LogP contribution in [0.3, 0.4) is 0 Å². The SMILES string of the molecule is O=C(c1c[nH]c2ccccc12)N1CC(C(=O)N2CCN(c3cccc(Cl)c3)CC2)C1. The summed E-state index contributed by atoms with van der Waals surface area (Å²) in [5.41, 5.74) is 2.71. The second kappa shape index (κ2) is 7.69. The fourth-order valence-corrected chi connectivity index (χ4v) is 4.52. The minimum absolute atomic E-state index is 0.0118. The normalized spacial score (nSPS) is 17.3. The maximum atomic E-state index is 12.9. The van der Waals surface area contributed by atoms with Crippen LogP contribution in [0.4, 0.5) is 5.69 Å². The smallest absolute Gasteiger partial charge is 0.256 e. The summed E-state index contributed by atoms with van der Waals surface area (Å²) in [5.74, 6) is 0.0443. The number of para-hydroxylation sites is 1. The first kappa shape index (κ1) is 19.0. The van der Waals surface area contributed by atoms with Crippen LogP contribution in [0.1, 0.15) is 10.4 Å². The molecule has 0 atom stereocenters. The molecule has 2 aromatic carbocycles. The number of aromatic amines is 1. The highest BCUT2D eigenvalue weighted by molar-refractivity contribution is 6.30. The van der Waals surface area contributed by atoms with Crippen molar-refractivity contribution in [3.8, 4) is 0 Å². The highest BCUT2D eigenvalue weighted by Gasteiger charge is 2.39. The molecule has 6 nitrogen and oxygen atoms in total. The number of halogens is 1. The highest BCUT2D eigenvalue weighted by Crippen LogP contribution is 2.26. The van der Waals surface area contributed by atoms with Crippen molar-refractivity contribution in [2.24, 2.45) is 5.92 Å². The first-order chi connectivity index (χ1) is 14.6. The van der Waals surface area contributed by atoms with E-state index in [4.69, 9.17) is 11.6 Å². The largest absolute Gasteiger partial charge is 0.368 e. The van der Waals surface area contributed by atoms with Crippen molar-refractivity contribution in [1.82, 2.24) is 14.8 Å². The molecule has 2 saturated heterocycles. The van der Waals surface area contributed by atoms with Gasteiger partial charge in [-0.25, -0.2) is 0 Å². The fraction of sp³-hybridized carbons (Fsp3) is 0.304. The van der Waals surface area contributed by atoms with Crippen molar-refractivity contribution >= 4 is 40.0 Å². The van der Waals surface area contributed by atoms with E-state index in [0.29, 0.717) is 31.7 Å². The van der Waals surface area contributed by atoms with Gasteiger partial charge in [0.1, 0.15) is 0 Å². The molecule has 3 aromatic rings. The molecular weight excluding hydrogens is 400 g/mol. The molecule has 2 aliphatic rings. The van der Waals surface area contributed by atoms with Crippen LogP contribution in [0.15, 0.2) is 54.7 Å². The summed E-state index contributed by atoms with van der Waals surface area (Å²) in [4.78, 5) is 34.8. The van der Waals surface area contributed by atoms with Gasteiger partial charge in [-0.15, -0.1) is 0 Å². The maximum absolute atomic E-state index is 12.9. The third-order valence-electron chi connectivity index (χ3n) is 6.10. The summed E-state index contributed by atoms with van der Waals surface area (Å²) >= 11 is 6.09. The summed E-state index contributed by atoms with van der Waals surface area (Å²) in [6, 6.07) is 15.6. The highest BCUT2D eigenvalue weighted by atomic mass is 35.5. The van der Waals surface area contributed by atoms with Crippen LogP contribution in [-0.4, -0.2) is 65.9 Å². The number of H-pyrrole nitrogens is 1. The van der Waals surface area contributed by atoms with Gasteiger partial charge in [0.25, 0.3) is 5.91 Å². The third-order valence-corrected chi connectivity index (χ3v) is 6.34. The molecule has 0 saturated carbocycles. The molecule has 2 amide bonds. The fourth-order valence-electron chi connectivity index (χ4n) is 4.34. The van der Waals surface area contributed by atoms with Crippen LogP contribution < -0.4 is 4.90 Å². The van der Waals surface area contributed by atoms with Crippen LogP contribution >= 0.6 is 11.6 Å². The number of carbonyl (C=O) groups is 2. The van der Waals surface area contributed by atoms with Crippen LogP contribution in [-0.2, 0) is 4.79 Å². The zero-order valence-electron chi connectivity index (χ0n) is 16.6. The van der Waals surface area contributed by atoms with Gasteiger partial charge in [0.2, 0.25) is 5.91 Å². The minimum atomic E-state index is -0.100. The number of aromatic nitrogens is 1. The van der Waals surface area contributed by atoms with E-state index in [0.717, 1.165) is 34.7 Å². The van der Waals surface area contributed by atoms with Gasteiger partial charge in [0.15, 0.2) is 0 Å². The summed E-state index contributed by atoms with van der Waals surface area (Å²) < 4.78 is 0. The lowest BCUT2D eigenvalue weighted by atomic mass is 9.96. The van der Waals surface area contributed by atoms with E-state index in [1.54, 1.807) is 11.1 Å². The van der Waals surface area contributed by atoms with E-state index < -0.39 is 0 Å². The quantitative estimate of drug-likeness (QED) is 0.704. The van der Waals surface area contributed by atoms with Gasteiger partial charge in [0, 0.05) is 67.1 Å². The monoisotopic (exact) mass is 422 g/mol. The number of likely N-dealkylation sites (tertiary alicyclic amines) is 1. The van der Waals surface area contributed by atoms with E-state index in [9.17, 15) is 9.59 Å². The number of hydrogen-bond acceptors (Lipinski definition) is 3. The van der Waals surface area contributed by atoms with Crippen LogP contribution in [0, 0.1) is 5.92 Å². The average Bonchev–Trinajstić information content (AvgIpc) is 3.17. The minimum Gasteiger partial charge on any atom is -0.368 e. The molecule has 0 bridgehead atoms. The van der Waals surface area contributed by atoms with Gasteiger partial charge in [-0.2, -0.15) is 0 Å². The second-order valence-electron chi connectivity index (χ2n) is 7.95. The number of anilines is 1. The van der Waals surface area contributed by atoms with Crippen molar-refractivity contribution in [3.63, 3.8) is 0 Å². The average molecular weight is 423 g/mol. The van der Waals surface area contributed by atoms with Gasteiger partial charge in [-0.3, -0.25) is 9.59 Å². The molecule has 154 valence electrons. The Morgan fingerprint density at radius 3 is 2.47 bits per heavy atom. The Bertz CT molecular complexity index is 1100. The number of piperazine rings is 1. The van der Waals surface area contributed by atoms with Crippen molar-refractivity contribution in [1.29, 1.82) is 0 Å². The van der Waals surface area contributed by atoms with E-state index in [1.807, 2.05) is 53.4 Å². The summed E-state index contributed by atoms with van der Waals surface area (Å²) in [6.07, 6.45) is 1.76. The predicted octanol–water partition coefficient (Wildman–Crippen LogP) is 3.24. The van der Waals surface area contributed by atoms with Gasteiger partial charge >= 0.3 is 0 Å². The van der Waals surface area contributed by atoms with Crippen molar-refractivity contribution < 1.29 is 9.59 Å². The molecular formula is C23H23ClN4O2. The number of hydrogen-bond donors (Lipinski definition) is 1. The Kier molecular flexibility index (Phi) is 4.87. The Morgan fingerprint density at radius 2 is 1.70 bits per heavy atom. The van der Waals surface area contributed by atoms with Gasteiger partial charge < -0.3 is 19.7 Å².